The summed E-state index contributed by atoms with van der Waals surface area (Å²) in [5.74, 6) is 1.25. The third kappa shape index (κ3) is 9.47. The number of nitrogens with one attached hydrogen (secondary N) is 1. The maximum absolute atomic E-state index is 5.80. The van der Waals surface area contributed by atoms with Gasteiger partial charge >= 0.3 is 0 Å². The van der Waals surface area contributed by atoms with Crippen molar-refractivity contribution >= 4 is 45.9 Å². The minimum absolute atomic E-state index is 0. The third-order valence-corrected chi connectivity index (χ3v) is 3.31. The van der Waals surface area contributed by atoms with Crippen LogP contribution in [0.15, 0.2) is 33.7 Å². The molecule has 1 aromatic carbocycles. The quantitative estimate of drug-likeness (QED) is 0.244. The van der Waals surface area contributed by atoms with Gasteiger partial charge in [-0.3, -0.25) is 0 Å². The number of nitrogens with two attached hydrogens (primary N) is 1. The lowest BCUT2D eigenvalue weighted by atomic mass is 10.3. The molecule has 0 saturated heterocycles. The number of hydrogen-bond donors (Lipinski definition) is 2. The summed E-state index contributed by atoms with van der Waals surface area (Å²) in [4.78, 5) is 4.27. The number of ether oxygens (including phenoxy) is 2. The van der Waals surface area contributed by atoms with E-state index in [9.17, 15) is 0 Å². The van der Waals surface area contributed by atoms with Gasteiger partial charge in [-0.2, -0.15) is 0 Å². The van der Waals surface area contributed by atoms with Crippen LogP contribution in [0, 0.1) is 0 Å². The van der Waals surface area contributed by atoms with Crippen LogP contribution in [0.1, 0.15) is 20.3 Å². The lowest BCUT2D eigenvalue weighted by Gasteiger charge is -2.14. The maximum atomic E-state index is 5.80. The second-order valence-corrected chi connectivity index (χ2v) is 5.42. The van der Waals surface area contributed by atoms with Gasteiger partial charge in [0.15, 0.2) is 5.96 Å². The highest BCUT2D eigenvalue weighted by Crippen LogP contribution is 2.24. The molecule has 3 N–H and O–H groups in total. The van der Waals surface area contributed by atoms with Crippen molar-refractivity contribution < 1.29 is 9.47 Å². The molecule has 0 fully saturated rings. The Bertz CT molecular complexity index is 447. The van der Waals surface area contributed by atoms with E-state index < -0.39 is 0 Å². The fourth-order valence-corrected chi connectivity index (χ4v) is 1.99. The van der Waals surface area contributed by atoms with Crippen LogP contribution < -0.4 is 15.8 Å². The van der Waals surface area contributed by atoms with Gasteiger partial charge in [-0.05, 0) is 48.3 Å². The summed E-state index contributed by atoms with van der Waals surface area (Å²) in [5, 5.41) is 3.06. The molecule has 7 heteroatoms. The Morgan fingerprint density at radius 3 is 2.82 bits per heavy atom. The Labute approximate surface area is 158 Å². The first-order valence-corrected chi connectivity index (χ1v) is 7.95. The second kappa shape index (κ2) is 13.0. The van der Waals surface area contributed by atoms with Crippen molar-refractivity contribution in [3.05, 3.63) is 28.7 Å². The van der Waals surface area contributed by atoms with Gasteiger partial charge < -0.3 is 20.5 Å². The van der Waals surface area contributed by atoms with Crippen LogP contribution in [-0.2, 0) is 4.74 Å². The molecule has 5 nitrogen and oxygen atoms in total. The Kier molecular flexibility index (Phi) is 12.6. The molecule has 0 aliphatic heterocycles. The van der Waals surface area contributed by atoms with E-state index in [1.54, 1.807) is 0 Å². The molecule has 0 aromatic heterocycles. The number of halogens is 2. The Morgan fingerprint density at radius 1 is 1.41 bits per heavy atom. The fraction of sp³-hybridized carbons (Fsp3) is 0.533. The monoisotopic (exact) mass is 485 g/mol. The van der Waals surface area contributed by atoms with E-state index in [2.05, 4.69) is 26.2 Å². The van der Waals surface area contributed by atoms with Gasteiger partial charge in [-0.25, -0.2) is 4.99 Å². The van der Waals surface area contributed by atoms with Gasteiger partial charge in [0.2, 0.25) is 0 Å². The molecule has 1 atom stereocenters. The molecule has 0 heterocycles. The fourth-order valence-electron chi connectivity index (χ4n) is 1.61. The van der Waals surface area contributed by atoms with Crippen LogP contribution in [0.4, 0.5) is 0 Å². The van der Waals surface area contributed by atoms with Crippen molar-refractivity contribution in [2.75, 3.05) is 26.3 Å². The molecule has 1 rings (SSSR count). The highest BCUT2D eigenvalue weighted by molar-refractivity contribution is 14.0. The molecule has 0 radical (unpaired) electrons. The van der Waals surface area contributed by atoms with Crippen molar-refractivity contribution in [3.8, 4) is 5.75 Å². The highest BCUT2D eigenvalue weighted by Gasteiger charge is 2.06. The molecular weight excluding hydrogens is 461 g/mol. The van der Waals surface area contributed by atoms with E-state index in [1.807, 2.05) is 38.1 Å². The van der Waals surface area contributed by atoms with Crippen LogP contribution >= 0.6 is 39.9 Å². The van der Waals surface area contributed by atoms with Gasteiger partial charge in [-0.15, -0.1) is 24.0 Å². The van der Waals surface area contributed by atoms with E-state index >= 15 is 0 Å². The summed E-state index contributed by atoms with van der Waals surface area (Å²) in [6, 6.07) is 7.74. The number of para-hydroxylation sites is 1. The van der Waals surface area contributed by atoms with Crippen molar-refractivity contribution in [3.63, 3.8) is 0 Å². The van der Waals surface area contributed by atoms with Gasteiger partial charge in [0.25, 0.3) is 0 Å². The lowest BCUT2D eigenvalue weighted by Crippen LogP contribution is -2.34. The molecule has 0 bridgehead atoms. The molecule has 0 aliphatic rings. The molecule has 0 aliphatic carbocycles. The zero-order valence-electron chi connectivity index (χ0n) is 13.0. The van der Waals surface area contributed by atoms with E-state index in [0.717, 1.165) is 36.4 Å². The summed E-state index contributed by atoms with van der Waals surface area (Å²) in [6.45, 7) is 6.69. The minimum Gasteiger partial charge on any atom is -0.488 e. The molecular formula is C15H25BrIN3O2. The summed E-state index contributed by atoms with van der Waals surface area (Å²) in [5.41, 5.74) is 5.79. The lowest BCUT2D eigenvalue weighted by molar-refractivity contribution is 0.145. The van der Waals surface area contributed by atoms with Crippen LogP contribution in [0.5, 0.6) is 5.75 Å². The summed E-state index contributed by atoms with van der Waals surface area (Å²) in [6.07, 6.45) is 0.861. The van der Waals surface area contributed by atoms with Crippen LogP contribution in [0.25, 0.3) is 0 Å². The Balaban J connectivity index is 0.00000441. The minimum atomic E-state index is -0.0486. The molecule has 1 unspecified atom stereocenters. The van der Waals surface area contributed by atoms with E-state index in [-0.39, 0.29) is 30.1 Å². The van der Waals surface area contributed by atoms with E-state index in [4.69, 9.17) is 15.2 Å². The number of benzene rings is 1. The number of guanidine groups is 1. The van der Waals surface area contributed by atoms with E-state index in [0.29, 0.717) is 12.5 Å². The predicted molar refractivity (Wildman–Crippen MR) is 105 cm³/mol. The summed E-state index contributed by atoms with van der Waals surface area (Å²) >= 11 is 3.45. The van der Waals surface area contributed by atoms with Crippen LogP contribution in [0.2, 0.25) is 0 Å². The Morgan fingerprint density at radius 2 is 2.14 bits per heavy atom. The summed E-state index contributed by atoms with van der Waals surface area (Å²) in [7, 11) is 0. The zero-order chi connectivity index (χ0) is 15.5. The van der Waals surface area contributed by atoms with Crippen molar-refractivity contribution in [2.24, 2.45) is 10.7 Å². The van der Waals surface area contributed by atoms with Crippen molar-refractivity contribution in [2.45, 2.75) is 26.4 Å². The van der Waals surface area contributed by atoms with Gasteiger partial charge in [0.1, 0.15) is 11.9 Å². The molecule has 1 aromatic rings. The average Bonchev–Trinajstić information content (AvgIpc) is 2.47. The zero-order valence-corrected chi connectivity index (χ0v) is 17.0. The number of hydrogen-bond acceptors (Lipinski definition) is 3. The van der Waals surface area contributed by atoms with Gasteiger partial charge in [-0.1, -0.05) is 12.1 Å². The summed E-state index contributed by atoms with van der Waals surface area (Å²) < 4.78 is 12.0. The normalized spacial score (nSPS) is 12.4. The largest absolute Gasteiger partial charge is 0.488 e. The number of nitrogens with zero attached hydrogens (tertiary/aromatic N) is 1. The molecule has 22 heavy (non-hydrogen) atoms. The smallest absolute Gasteiger partial charge is 0.188 e. The first-order chi connectivity index (χ1) is 10.1. The van der Waals surface area contributed by atoms with Crippen molar-refractivity contribution in [1.29, 1.82) is 0 Å². The first-order valence-electron chi connectivity index (χ1n) is 7.16. The van der Waals surface area contributed by atoms with Crippen LogP contribution in [0.3, 0.4) is 0 Å². The number of rotatable bonds is 9. The standard InChI is InChI=1S/C15H24BrN3O2.HI/c1-3-20-10-6-9-18-15(17)19-11-12(2)21-14-8-5-4-7-13(14)16;/h4-5,7-8,12H,3,6,9-11H2,1-2H3,(H3,17,18,19);1H. The topological polar surface area (TPSA) is 68.9 Å². The van der Waals surface area contributed by atoms with Gasteiger partial charge in [0.05, 0.1) is 11.0 Å². The first kappa shape index (κ1) is 21.5. The predicted octanol–water partition coefficient (Wildman–Crippen LogP) is 3.17. The highest BCUT2D eigenvalue weighted by atomic mass is 127. The molecule has 126 valence electrons. The van der Waals surface area contributed by atoms with Crippen LogP contribution in [-0.4, -0.2) is 38.4 Å². The van der Waals surface area contributed by atoms with E-state index in [1.165, 1.54) is 0 Å². The SMILES string of the molecule is CCOCCCNC(N)=NCC(C)Oc1ccccc1Br.I. The number of aliphatic imine (C=N–C) groups is 1. The second-order valence-electron chi connectivity index (χ2n) is 4.56. The van der Waals surface area contributed by atoms with Crippen molar-refractivity contribution in [1.82, 2.24) is 5.32 Å². The molecule has 0 saturated carbocycles. The Hall–Kier alpha value is -0.540. The average molecular weight is 486 g/mol. The molecule has 0 amide bonds. The molecule has 0 spiro atoms. The maximum Gasteiger partial charge on any atom is 0.188 e. The van der Waals surface area contributed by atoms with Gasteiger partial charge in [0, 0.05) is 19.8 Å². The third-order valence-electron chi connectivity index (χ3n) is 2.66.